The zero-order valence-corrected chi connectivity index (χ0v) is 18.9. The Morgan fingerprint density at radius 1 is 1.12 bits per heavy atom. The number of phosphoric acid groups is 1. The number of nitrogens with two attached hydrogens (primary N) is 1. The molecule has 11 nitrogen and oxygen atoms in total. The van der Waals surface area contributed by atoms with Crippen LogP contribution in [0.3, 0.4) is 0 Å². The van der Waals surface area contributed by atoms with E-state index in [4.69, 9.17) is 15.9 Å². The molecule has 6 atom stereocenters. The Kier molecular flexibility index (Phi) is 8.14. The van der Waals surface area contributed by atoms with E-state index in [-0.39, 0.29) is 17.7 Å². The average molecular weight is 475 g/mol. The van der Waals surface area contributed by atoms with Crippen LogP contribution < -0.4 is 5.73 Å². The van der Waals surface area contributed by atoms with Crippen LogP contribution in [0.5, 0.6) is 0 Å². The number of rotatable bonds is 5. The maximum Gasteiger partial charge on any atom is 0.472 e. The molecule has 3 aliphatic heterocycles. The van der Waals surface area contributed by atoms with E-state index in [2.05, 4.69) is 4.52 Å². The first-order chi connectivity index (χ1) is 15.0. The first kappa shape index (κ1) is 25.3. The number of phosphoric ester groups is 1. The van der Waals surface area contributed by atoms with Crippen LogP contribution in [0.2, 0.25) is 0 Å². The second-order valence-corrected chi connectivity index (χ2v) is 10.2. The van der Waals surface area contributed by atoms with Crippen molar-refractivity contribution in [3.63, 3.8) is 0 Å². The van der Waals surface area contributed by atoms with E-state index in [9.17, 15) is 29.4 Å². The number of nitrogens with one attached hydrogen (secondary N) is 1. The lowest BCUT2D eigenvalue weighted by Gasteiger charge is -2.46. The normalized spacial score (nSPS) is 37.4. The highest BCUT2D eigenvalue weighted by Gasteiger charge is 2.58. The number of hydrogen-bond donors (Lipinski definition) is 6. The van der Waals surface area contributed by atoms with Crippen molar-refractivity contribution in [2.45, 2.75) is 94.3 Å². The molecule has 1 amide bonds. The molecule has 3 rings (SSSR count). The number of aliphatic hydroxyl groups is 2. The summed E-state index contributed by atoms with van der Waals surface area (Å²) in [6.45, 7) is 0. The molecule has 182 valence electrons. The number of fused-ring (bicyclic) bond motifs is 3. The van der Waals surface area contributed by atoms with Gasteiger partial charge < -0.3 is 35.4 Å². The molecule has 0 saturated carbocycles. The number of carbonyl (C=O) groups is 1. The van der Waals surface area contributed by atoms with Crippen LogP contribution in [0.1, 0.15) is 64.2 Å². The van der Waals surface area contributed by atoms with Gasteiger partial charge in [0.15, 0.2) is 6.29 Å². The van der Waals surface area contributed by atoms with E-state index in [1.165, 1.54) is 17.2 Å². The van der Waals surface area contributed by atoms with Crippen molar-refractivity contribution in [3.05, 3.63) is 12.3 Å². The molecule has 3 fully saturated rings. The molecule has 2 bridgehead atoms. The van der Waals surface area contributed by atoms with Gasteiger partial charge in [0.1, 0.15) is 24.1 Å². The minimum Gasteiger partial charge on any atom is -0.387 e. The fourth-order valence-corrected chi connectivity index (χ4v) is 5.74. The van der Waals surface area contributed by atoms with E-state index in [1.54, 1.807) is 0 Å². The number of hydrogen-bond acceptors (Lipinski definition) is 7. The van der Waals surface area contributed by atoms with Gasteiger partial charge in [0.2, 0.25) is 5.91 Å². The van der Waals surface area contributed by atoms with Crippen molar-refractivity contribution in [3.8, 4) is 0 Å². The summed E-state index contributed by atoms with van der Waals surface area (Å²) in [5.74, 6) is -0.629. The minimum absolute atomic E-state index is 0.161. The van der Waals surface area contributed by atoms with Crippen LogP contribution >= 0.6 is 7.82 Å². The lowest BCUT2D eigenvalue weighted by Crippen LogP contribution is -2.60. The lowest BCUT2D eigenvalue weighted by molar-refractivity contribution is -0.162. The number of amidine groups is 1. The number of aliphatic hydroxyl groups excluding tert-OH is 2. The van der Waals surface area contributed by atoms with Gasteiger partial charge in [-0.2, -0.15) is 0 Å². The quantitative estimate of drug-likeness (QED) is 0.192. The number of amides is 1. The first-order valence-corrected chi connectivity index (χ1v) is 12.7. The van der Waals surface area contributed by atoms with Gasteiger partial charge in [0, 0.05) is 12.1 Å². The number of carbonyl (C=O) groups excluding carboxylic acids is 1. The van der Waals surface area contributed by atoms with E-state index in [0.717, 1.165) is 38.5 Å². The molecule has 0 radical (unpaired) electrons. The summed E-state index contributed by atoms with van der Waals surface area (Å²) in [5.41, 5.74) is 4.42. The van der Waals surface area contributed by atoms with Crippen LogP contribution in [-0.4, -0.2) is 66.8 Å². The molecule has 0 aliphatic carbocycles. The van der Waals surface area contributed by atoms with Gasteiger partial charge in [-0.25, -0.2) is 4.57 Å². The van der Waals surface area contributed by atoms with Gasteiger partial charge in [-0.05, 0) is 31.8 Å². The Morgan fingerprint density at radius 2 is 1.75 bits per heavy atom. The van der Waals surface area contributed by atoms with Crippen molar-refractivity contribution < 1.29 is 38.6 Å². The molecule has 12 heteroatoms. The van der Waals surface area contributed by atoms with Crippen LogP contribution in [0, 0.1) is 11.3 Å². The fourth-order valence-electron chi connectivity index (χ4n) is 5.29. The molecule has 3 aliphatic rings. The molecule has 6 unspecified atom stereocenters. The van der Waals surface area contributed by atoms with Gasteiger partial charge in [0.05, 0.1) is 5.54 Å². The van der Waals surface area contributed by atoms with Gasteiger partial charge in [-0.3, -0.25) is 14.7 Å². The molecule has 32 heavy (non-hydrogen) atoms. The molecule has 0 aromatic carbocycles. The fraction of sp³-hybridized carbons (Fsp3) is 0.800. The summed E-state index contributed by atoms with van der Waals surface area (Å²) in [5, 5.41) is 28.9. The molecule has 3 saturated heterocycles. The van der Waals surface area contributed by atoms with Crippen molar-refractivity contribution in [2.24, 2.45) is 11.7 Å². The maximum atomic E-state index is 13.6. The second kappa shape index (κ2) is 10.3. The topological polar surface area (TPSA) is 187 Å². The molecular formula is C20H34N3O8P. The van der Waals surface area contributed by atoms with Crippen molar-refractivity contribution in [1.29, 1.82) is 5.41 Å². The van der Waals surface area contributed by atoms with Crippen molar-refractivity contribution in [1.82, 2.24) is 4.90 Å². The summed E-state index contributed by atoms with van der Waals surface area (Å²) >= 11 is 0. The monoisotopic (exact) mass is 475 g/mol. The standard InChI is InChI=1S/C20H34N3O8P/c21-14(22)9-12-23-18(26)13-7-4-2-1-3-5-10-20(23,11-6-8-13)17-15(24)16(25)19(30-17)31-32(27,28)29/h9,12-13,15-17,19,24-25H,1-8,10-11H2,(H3,21,22)(H2,27,28,29)/b12-9-. The Bertz CT molecular complexity index is 774. The number of ether oxygens (including phenoxy) is 1. The summed E-state index contributed by atoms with van der Waals surface area (Å²) in [6, 6.07) is 0. The third-order valence-corrected chi connectivity index (χ3v) is 7.27. The average Bonchev–Trinajstić information content (AvgIpc) is 2.88. The van der Waals surface area contributed by atoms with E-state index in [0.29, 0.717) is 25.7 Å². The highest BCUT2D eigenvalue weighted by Crippen LogP contribution is 2.47. The number of nitrogens with zero attached hydrogens (tertiary/aromatic N) is 1. The largest absolute Gasteiger partial charge is 0.472 e. The molecular weight excluding hydrogens is 441 g/mol. The van der Waals surface area contributed by atoms with Crippen LogP contribution in [-0.2, 0) is 18.6 Å². The Hall–Kier alpha value is -1.33. The summed E-state index contributed by atoms with van der Waals surface area (Å²) < 4.78 is 21.6. The SMILES string of the molecule is N=C(N)/C=C\N1C(=O)C2CCCCCCCC1(C1OC(OP(=O)(O)O)C(O)C1O)CCC2. The van der Waals surface area contributed by atoms with E-state index < -0.39 is 38.0 Å². The van der Waals surface area contributed by atoms with Crippen molar-refractivity contribution >= 4 is 19.6 Å². The maximum absolute atomic E-state index is 13.6. The lowest BCUT2D eigenvalue weighted by atomic mass is 9.78. The van der Waals surface area contributed by atoms with Gasteiger partial charge in [0.25, 0.3) is 0 Å². The molecule has 0 aromatic rings. The predicted octanol–water partition coefficient (Wildman–Crippen LogP) is 1.10. The molecule has 3 heterocycles. The molecule has 0 spiro atoms. The van der Waals surface area contributed by atoms with E-state index >= 15 is 0 Å². The van der Waals surface area contributed by atoms with Gasteiger partial charge in [-0.1, -0.05) is 38.5 Å². The second-order valence-electron chi connectivity index (χ2n) is 8.98. The zero-order chi connectivity index (χ0) is 23.5. The summed E-state index contributed by atoms with van der Waals surface area (Å²) in [6.07, 6.45) is 4.23. The highest BCUT2D eigenvalue weighted by atomic mass is 31.2. The predicted molar refractivity (Wildman–Crippen MR) is 114 cm³/mol. The minimum atomic E-state index is -5.00. The Morgan fingerprint density at radius 3 is 2.44 bits per heavy atom. The third-order valence-electron chi connectivity index (χ3n) is 6.78. The van der Waals surface area contributed by atoms with Crippen molar-refractivity contribution in [2.75, 3.05) is 0 Å². The van der Waals surface area contributed by atoms with Gasteiger partial charge in [-0.15, -0.1) is 0 Å². The molecule has 0 aromatic heterocycles. The molecule has 7 N–H and O–H groups in total. The van der Waals surface area contributed by atoms with Crippen LogP contribution in [0.4, 0.5) is 0 Å². The Labute approximate surface area is 187 Å². The summed E-state index contributed by atoms with van der Waals surface area (Å²) in [7, 11) is -5.00. The van der Waals surface area contributed by atoms with E-state index in [1.807, 2.05) is 0 Å². The Balaban J connectivity index is 2.05. The first-order valence-electron chi connectivity index (χ1n) is 11.2. The van der Waals surface area contributed by atoms with Crippen LogP contribution in [0.25, 0.3) is 0 Å². The van der Waals surface area contributed by atoms with Crippen LogP contribution in [0.15, 0.2) is 12.3 Å². The smallest absolute Gasteiger partial charge is 0.387 e. The summed E-state index contributed by atoms with van der Waals surface area (Å²) in [4.78, 5) is 33.5. The third kappa shape index (κ3) is 5.59. The highest BCUT2D eigenvalue weighted by molar-refractivity contribution is 7.46. The van der Waals surface area contributed by atoms with Gasteiger partial charge >= 0.3 is 7.82 Å². The zero-order valence-electron chi connectivity index (χ0n) is 18.0.